The van der Waals surface area contributed by atoms with Crippen LogP contribution in [0.3, 0.4) is 0 Å². The summed E-state index contributed by atoms with van der Waals surface area (Å²) in [6.45, 7) is 3.67. The highest BCUT2D eigenvalue weighted by Gasteiger charge is 2.27. The SMILES string of the molecule is CCOc1ccc(N(CC(=O)N/N=C\c2c(O)ccc3ccccc23)S(=O)(=O)c2ccc(C)cc2)cc1. The number of nitrogens with one attached hydrogen (secondary N) is 1. The van der Waals surface area contributed by atoms with Crippen molar-refractivity contribution in [1.29, 1.82) is 0 Å². The number of carbonyl (C=O) groups is 1. The number of hydrazone groups is 1. The number of hydrogen-bond donors (Lipinski definition) is 2. The molecule has 0 bridgehead atoms. The topological polar surface area (TPSA) is 108 Å². The van der Waals surface area contributed by atoms with E-state index in [9.17, 15) is 18.3 Å². The maximum atomic E-state index is 13.5. The monoisotopic (exact) mass is 517 g/mol. The number of amides is 1. The van der Waals surface area contributed by atoms with E-state index in [0.717, 1.165) is 20.6 Å². The molecule has 0 aliphatic heterocycles. The van der Waals surface area contributed by atoms with Crippen LogP contribution in [0.1, 0.15) is 18.1 Å². The van der Waals surface area contributed by atoms with E-state index in [1.807, 2.05) is 38.1 Å². The molecule has 0 aliphatic carbocycles. The molecular formula is C28H27N3O5S. The smallest absolute Gasteiger partial charge is 0.264 e. The first kappa shape index (κ1) is 25.7. The van der Waals surface area contributed by atoms with Crippen LogP contribution in [0.2, 0.25) is 0 Å². The second-order valence-electron chi connectivity index (χ2n) is 8.26. The highest BCUT2D eigenvalue weighted by molar-refractivity contribution is 7.92. The quantitative estimate of drug-likeness (QED) is 0.249. The van der Waals surface area contributed by atoms with Crippen LogP contribution in [0.4, 0.5) is 5.69 Å². The van der Waals surface area contributed by atoms with E-state index >= 15 is 0 Å². The van der Waals surface area contributed by atoms with Crippen LogP contribution in [0.15, 0.2) is 94.9 Å². The van der Waals surface area contributed by atoms with Crippen molar-refractivity contribution in [2.45, 2.75) is 18.7 Å². The molecule has 4 aromatic rings. The van der Waals surface area contributed by atoms with Gasteiger partial charge in [0, 0.05) is 5.56 Å². The molecule has 37 heavy (non-hydrogen) atoms. The molecule has 190 valence electrons. The van der Waals surface area contributed by atoms with Gasteiger partial charge >= 0.3 is 0 Å². The van der Waals surface area contributed by atoms with Crippen LogP contribution in [-0.2, 0) is 14.8 Å². The van der Waals surface area contributed by atoms with E-state index in [-0.39, 0.29) is 10.6 Å². The number of aryl methyl sites for hydroxylation is 1. The molecule has 1 amide bonds. The fourth-order valence-corrected chi connectivity index (χ4v) is 5.20. The van der Waals surface area contributed by atoms with Crippen molar-refractivity contribution in [1.82, 2.24) is 5.43 Å². The number of rotatable bonds is 9. The Morgan fingerprint density at radius 3 is 2.41 bits per heavy atom. The Kier molecular flexibility index (Phi) is 7.74. The summed E-state index contributed by atoms with van der Waals surface area (Å²) in [5.41, 5.74) is 4.03. The number of ether oxygens (including phenoxy) is 1. The molecule has 0 atom stereocenters. The lowest BCUT2D eigenvalue weighted by Crippen LogP contribution is -2.39. The molecule has 9 heteroatoms. The molecule has 4 aromatic carbocycles. The van der Waals surface area contributed by atoms with Crippen molar-refractivity contribution >= 4 is 38.6 Å². The molecule has 8 nitrogen and oxygen atoms in total. The van der Waals surface area contributed by atoms with E-state index in [0.29, 0.717) is 23.6 Å². The fraction of sp³-hybridized carbons (Fsp3) is 0.143. The highest BCUT2D eigenvalue weighted by Crippen LogP contribution is 2.27. The van der Waals surface area contributed by atoms with Crippen LogP contribution >= 0.6 is 0 Å². The van der Waals surface area contributed by atoms with E-state index in [1.165, 1.54) is 18.3 Å². The van der Waals surface area contributed by atoms with Gasteiger partial charge in [0.05, 0.1) is 23.4 Å². The van der Waals surface area contributed by atoms with Crippen molar-refractivity contribution in [2.24, 2.45) is 5.10 Å². The van der Waals surface area contributed by atoms with Gasteiger partial charge in [0.25, 0.3) is 15.9 Å². The third kappa shape index (κ3) is 5.90. The number of sulfonamides is 1. The number of anilines is 1. The zero-order valence-electron chi connectivity index (χ0n) is 20.5. The number of phenols is 1. The molecule has 0 spiro atoms. The normalized spacial score (nSPS) is 11.5. The van der Waals surface area contributed by atoms with Crippen LogP contribution in [0.25, 0.3) is 10.8 Å². The van der Waals surface area contributed by atoms with E-state index < -0.39 is 22.5 Å². The second kappa shape index (κ2) is 11.1. The van der Waals surface area contributed by atoms with E-state index in [1.54, 1.807) is 48.5 Å². The summed E-state index contributed by atoms with van der Waals surface area (Å²) in [5, 5.41) is 15.9. The number of nitrogens with zero attached hydrogens (tertiary/aromatic N) is 2. The summed E-state index contributed by atoms with van der Waals surface area (Å²) in [7, 11) is -4.06. The van der Waals surface area contributed by atoms with Gasteiger partial charge in [-0.2, -0.15) is 5.10 Å². The zero-order valence-corrected chi connectivity index (χ0v) is 21.3. The predicted molar refractivity (Wildman–Crippen MR) is 145 cm³/mol. The summed E-state index contributed by atoms with van der Waals surface area (Å²) in [6.07, 6.45) is 1.34. The molecule has 0 unspecified atom stereocenters. The molecule has 2 N–H and O–H groups in total. The Morgan fingerprint density at radius 1 is 1.00 bits per heavy atom. The zero-order chi connectivity index (χ0) is 26.4. The van der Waals surface area contributed by atoms with Crippen molar-refractivity contribution in [2.75, 3.05) is 17.5 Å². The Hall–Kier alpha value is -4.37. The molecular weight excluding hydrogens is 490 g/mol. The Balaban J connectivity index is 1.59. The van der Waals surface area contributed by atoms with Crippen LogP contribution in [-0.4, -0.2) is 38.8 Å². The van der Waals surface area contributed by atoms with Gasteiger partial charge in [-0.3, -0.25) is 9.10 Å². The summed E-state index contributed by atoms with van der Waals surface area (Å²) in [6, 6.07) is 23.7. The minimum atomic E-state index is -4.06. The summed E-state index contributed by atoms with van der Waals surface area (Å²) < 4.78 is 33.5. The van der Waals surface area contributed by atoms with Crippen LogP contribution < -0.4 is 14.5 Å². The average molecular weight is 518 g/mol. The van der Waals surface area contributed by atoms with Gasteiger partial charge in [-0.05, 0) is 67.1 Å². The summed E-state index contributed by atoms with van der Waals surface area (Å²) in [4.78, 5) is 12.9. The highest BCUT2D eigenvalue weighted by atomic mass is 32.2. The molecule has 0 saturated heterocycles. The first-order valence-corrected chi connectivity index (χ1v) is 13.1. The fourth-order valence-electron chi connectivity index (χ4n) is 3.78. The molecule has 0 radical (unpaired) electrons. The van der Waals surface area contributed by atoms with Crippen molar-refractivity contribution < 1.29 is 23.1 Å². The number of aromatic hydroxyl groups is 1. The first-order chi connectivity index (χ1) is 17.8. The van der Waals surface area contributed by atoms with Gasteiger partial charge < -0.3 is 9.84 Å². The first-order valence-electron chi connectivity index (χ1n) is 11.6. The van der Waals surface area contributed by atoms with Gasteiger partial charge in [-0.15, -0.1) is 0 Å². The second-order valence-corrected chi connectivity index (χ2v) is 10.1. The number of carbonyl (C=O) groups excluding carboxylic acids is 1. The van der Waals surface area contributed by atoms with Crippen molar-refractivity contribution in [3.8, 4) is 11.5 Å². The van der Waals surface area contributed by atoms with Gasteiger partial charge in [0.2, 0.25) is 0 Å². The number of fused-ring (bicyclic) bond motifs is 1. The lowest BCUT2D eigenvalue weighted by molar-refractivity contribution is -0.119. The third-order valence-electron chi connectivity index (χ3n) is 5.66. The van der Waals surface area contributed by atoms with E-state index in [2.05, 4.69) is 10.5 Å². The molecule has 0 aromatic heterocycles. The van der Waals surface area contributed by atoms with Crippen LogP contribution in [0.5, 0.6) is 11.5 Å². The standard InChI is InChI=1S/C28H27N3O5S/c1-3-36-23-13-11-22(12-14-23)31(37(34,35)24-15-8-20(2)9-16-24)19-28(33)30-29-18-26-25-7-5-4-6-21(25)10-17-27(26)32/h4-18,32H,3,19H2,1-2H3,(H,30,33)/b29-18-. The number of phenolic OH excluding ortho intramolecular Hbond substituents is 1. The maximum absolute atomic E-state index is 13.5. The molecule has 4 rings (SSSR count). The minimum Gasteiger partial charge on any atom is -0.507 e. The minimum absolute atomic E-state index is 0.00895. The third-order valence-corrected chi connectivity index (χ3v) is 7.45. The van der Waals surface area contributed by atoms with Gasteiger partial charge in [0.15, 0.2) is 0 Å². The molecule has 0 saturated carbocycles. The van der Waals surface area contributed by atoms with Gasteiger partial charge in [-0.25, -0.2) is 13.8 Å². The average Bonchev–Trinajstić information content (AvgIpc) is 2.89. The van der Waals surface area contributed by atoms with Gasteiger partial charge in [-0.1, -0.05) is 48.0 Å². The number of benzene rings is 4. The van der Waals surface area contributed by atoms with Crippen molar-refractivity contribution in [3.63, 3.8) is 0 Å². The predicted octanol–water partition coefficient (Wildman–Crippen LogP) is 4.60. The molecule has 0 heterocycles. The van der Waals surface area contributed by atoms with Gasteiger partial charge in [0.1, 0.15) is 18.0 Å². The molecule has 0 aliphatic rings. The van der Waals surface area contributed by atoms with Crippen LogP contribution in [0, 0.1) is 6.92 Å². The van der Waals surface area contributed by atoms with E-state index in [4.69, 9.17) is 4.74 Å². The lowest BCUT2D eigenvalue weighted by atomic mass is 10.0. The van der Waals surface area contributed by atoms with Crippen molar-refractivity contribution in [3.05, 3.63) is 96.1 Å². The Labute approximate surface area is 215 Å². The maximum Gasteiger partial charge on any atom is 0.264 e. The molecule has 0 fully saturated rings. The largest absolute Gasteiger partial charge is 0.507 e. The summed E-state index contributed by atoms with van der Waals surface area (Å²) >= 11 is 0. The lowest BCUT2D eigenvalue weighted by Gasteiger charge is -2.24. The Bertz CT molecular complexity index is 1530. The Morgan fingerprint density at radius 2 is 1.70 bits per heavy atom. The number of hydrogen-bond acceptors (Lipinski definition) is 6. The summed E-state index contributed by atoms with van der Waals surface area (Å²) in [5.74, 6) is -0.0573.